The maximum Gasteiger partial charge on any atom is 0.191 e. The van der Waals surface area contributed by atoms with E-state index in [-0.39, 0.29) is 5.41 Å². The summed E-state index contributed by atoms with van der Waals surface area (Å²) in [7, 11) is 0. The Balaban J connectivity index is 2.77. The molecule has 2 nitrogen and oxygen atoms in total. The lowest BCUT2D eigenvalue weighted by Crippen LogP contribution is -2.10. The van der Waals surface area contributed by atoms with Crippen molar-refractivity contribution in [3.8, 4) is 0 Å². The first-order valence-electron chi connectivity index (χ1n) is 4.77. The Morgan fingerprint density at radius 2 is 1.93 bits per heavy atom. The average molecular weight is 189 g/mol. The molecule has 1 heterocycles. The van der Waals surface area contributed by atoms with E-state index in [1.54, 1.807) is 0 Å². The molecular weight excluding hydrogens is 174 g/mol. The van der Waals surface area contributed by atoms with Crippen LogP contribution in [0.2, 0.25) is 0 Å². The maximum atomic E-state index is 5.64. The monoisotopic (exact) mass is 189 g/mol. The predicted octanol–water partition coefficient (Wildman–Crippen LogP) is 3.31. The average Bonchev–Trinajstić information content (AvgIpc) is 2.41. The number of benzene rings is 1. The fraction of sp³-hybridized carbons (Fsp3) is 0.333. The van der Waals surface area contributed by atoms with Crippen molar-refractivity contribution in [2.75, 3.05) is 5.73 Å². The third-order valence-electron chi connectivity index (χ3n) is 2.39. The first-order chi connectivity index (χ1) is 6.48. The van der Waals surface area contributed by atoms with Crippen molar-refractivity contribution < 1.29 is 4.42 Å². The van der Waals surface area contributed by atoms with Gasteiger partial charge in [-0.25, -0.2) is 0 Å². The zero-order valence-corrected chi connectivity index (χ0v) is 8.79. The van der Waals surface area contributed by atoms with E-state index in [0.717, 1.165) is 11.0 Å². The lowest BCUT2D eigenvalue weighted by Gasteiger charge is -2.19. The summed E-state index contributed by atoms with van der Waals surface area (Å²) in [5.41, 5.74) is 7.90. The first kappa shape index (κ1) is 9.13. The van der Waals surface area contributed by atoms with Crippen molar-refractivity contribution >= 4 is 16.9 Å². The van der Waals surface area contributed by atoms with Crippen LogP contribution in [0.5, 0.6) is 0 Å². The molecule has 0 amide bonds. The molecule has 0 fully saturated rings. The summed E-state index contributed by atoms with van der Waals surface area (Å²) in [5, 5.41) is 1.12. The number of nitrogen functional groups attached to an aromatic ring is 1. The highest BCUT2D eigenvalue weighted by atomic mass is 16.3. The summed E-state index contributed by atoms with van der Waals surface area (Å²) in [6, 6.07) is 7.97. The van der Waals surface area contributed by atoms with Gasteiger partial charge in [0.05, 0.1) is 0 Å². The van der Waals surface area contributed by atoms with Crippen LogP contribution >= 0.6 is 0 Å². The second-order valence-electron chi connectivity index (χ2n) is 4.62. The topological polar surface area (TPSA) is 39.2 Å². The van der Waals surface area contributed by atoms with Gasteiger partial charge in [-0.05, 0) is 17.0 Å². The van der Waals surface area contributed by atoms with Crippen molar-refractivity contribution in [2.24, 2.45) is 0 Å². The van der Waals surface area contributed by atoms with Crippen molar-refractivity contribution in [3.63, 3.8) is 0 Å². The second kappa shape index (κ2) is 2.77. The molecule has 2 rings (SSSR count). The molecule has 0 unspecified atom stereocenters. The SMILES string of the molecule is CC(C)(C)c1cccc2oc(N)cc12. The van der Waals surface area contributed by atoms with Crippen LogP contribution in [-0.2, 0) is 5.41 Å². The zero-order chi connectivity index (χ0) is 10.3. The molecule has 0 aliphatic rings. The largest absolute Gasteiger partial charge is 0.441 e. The fourth-order valence-electron chi connectivity index (χ4n) is 1.73. The van der Waals surface area contributed by atoms with E-state index >= 15 is 0 Å². The molecule has 74 valence electrons. The standard InChI is InChI=1S/C12H15NO/c1-12(2,3)9-5-4-6-10-8(9)7-11(13)14-10/h4-7H,13H2,1-3H3. The summed E-state index contributed by atoms with van der Waals surface area (Å²) in [5.74, 6) is 0.483. The number of anilines is 1. The highest BCUT2D eigenvalue weighted by molar-refractivity contribution is 5.84. The third-order valence-corrected chi connectivity index (χ3v) is 2.39. The lowest BCUT2D eigenvalue weighted by atomic mass is 9.85. The van der Waals surface area contributed by atoms with Gasteiger partial charge in [-0.3, -0.25) is 0 Å². The second-order valence-corrected chi connectivity index (χ2v) is 4.62. The summed E-state index contributed by atoms with van der Waals surface area (Å²) in [4.78, 5) is 0. The number of hydrogen-bond acceptors (Lipinski definition) is 2. The number of fused-ring (bicyclic) bond motifs is 1. The smallest absolute Gasteiger partial charge is 0.191 e. The van der Waals surface area contributed by atoms with E-state index < -0.39 is 0 Å². The van der Waals surface area contributed by atoms with Crippen LogP contribution in [0.1, 0.15) is 26.3 Å². The van der Waals surface area contributed by atoms with E-state index in [2.05, 4.69) is 26.8 Å². The van der Waals surface area contributed by atoms with Crippen molar-refractivity contribution in [3.05, 3.63) is 29.8 Å². The van der Waals surface area contributed by atoms with Crippen LogP contribution in [0.3, 0.4) is 0 Å². The Bertz CT molecular complexity index is 463. The van der Waals surface area contributed by atoms with E-state index in [9.17, 15) is 0 Å². The maximum absolute atomic E-state index is 5.64. The van der Waals surface area contributed by atoms with Gasteiger partial charge in [0.1, 0.15) is 5.58 Å². The van der Waals surface area contributed by atoms with Crippen molar-refractivity contribution in [2.45, 2.75) is 26.2 Å². The van der Waals surface area contributed by atoms with Crippen LogP contribution < -0.4 is 5.73 Å². The molecule has 0 saturated heterocycles. The molecule has 0 aliphatic heterocycles. The third kappa shape index (κ3) is 1.37. The van der Waals surface area contributed by atoms with Gasteiger partial charge < -0.3 is 10.2 Å². The molecule has 1 aromatic carbocycles. The predicted molar refractivity (Wildman–Crippen MR) is 59.3 cm³/mol. The molecular formula is C12H15NO. The minimum atomic E-state index is 0.121. The van der Waals surface area contributed by atoms with Gasteiger partial charge in [0, 0.05) is 11.5 Å². The Labute approximate surface area is 83.7 Å². The molecule has 14 heavy (non-hydrogen) atoms. The molecule has 0 atom stereocenters. The minimum Gasteiger partial charge on any atom is -0.441 e. The highest BCUT2D eigenvalue weighted by Crippen LogP contribution is 2.32. The van der Waals surface area contributed by atoms with Crippen LogP contribution in [-0.4, -0.2) is 0 Å². The zero-order valence-electron chi connectivity index (χ0n) is 8.79. The van der Waals surface area contributed by atoms with Gasteiger partial charge in [-0.2, -0.15) is 0 Å². The fourth-order valence-corrected chi connectivity index (χ4v) is 1.73. The lowest BCUT2D eigenvalue weighted by molar-refractivity contribution is 0.594. The molecule has 0 saturated carbocycles. The van der Waals surface area contributed by atoms with Gasteiger partial charge in [0.25, 0.3) is 0 Å². The van der Waals surface area contributed by atoms with Gasteiger partial charge >= 0.3 is 0 Å². The number of furan rings is 1. The quantitative estimate of drug-likeness (QED) is 0.690. The van der Waals surface area contributed by atoms with E-state index in [1.165, 1.54) is 5.56 Å². The van der Waals surface area contributed by atoms with Crippen LogP contribution in [0.15, 0.2) is 28.7 Å². The van der Waals surface area contributed by atoms with E-state index in [0.29, 0.717) is 5.88 Å². The van der Waals surface area contributed by atoms with Gasteiger partial charge in [-0.1, -0.05) is 32.9 Å². The molecule has 2 aromatic rings. The van der Waals surface area contributed by atoms with Crippen molar-refractivity contribution in [1.29, 1.82) is 0 Å². The number of hydrogen-bond donors (Lipinski definition) is 1. The van der Waals surface area contributed by atoms with Crippen LogP contribution in [0.25, 0.3) is 11.0 Å². The Morgan fingerprint density at radius 1 is 1.21 bits per heavy atom. The summed E-state index contributed by atoms with van der Waals surface area (Å²) < 4.78 is 5.38. The molecule has 0 aliphatic carbocycles. The summed E-state index contributed by atoms with van der Waals surface area (Å²) in [6.07, 6.45) is 0. The molecule has 0 spiro atoms. The highest BCUT2D eigenvalue weighted by Gasteiger charge is 2.17. The van der Waals surface area contributed by atoms with Gasteiger partial charge in [-0.15, -0.1) is 0 Å². The molecule has 1 aromatic heterocycles. The van der Waals surface area contributed by atoms with Gasteiger partial charge in [0.15, 0.2) is 5.88 Å². The number of rotatable bonds is 0. The van der Waals surface area contributed by atoms with Crippen molar-refractivity contribution in [1.82, 2.24) is 0 Å². The van der Waals surface area contributed by atoms with Crippen LogP contribution in [0, 0.1) is 0 Å². The summed E-state index contributed by atoms with van der Waals surface area (Å²) in [6.45, 7) is 6.56. The molecule has 0 radical (unpaired) electrons. The molecule has 0 bridgehead atoms. The van der Waals surface area contributed by atoms with E-state index in [1.807, 2.05) is 18.2 Å². The van der Waals surface area contributed by atoms with Crippen LogP contribution in [0.4, 0.5) is 5.88 Å². The summed E-state index contributed by atoms with van der Waals surface area (Å²) >= 11 is 0. The molecule has 2 heteroatoms. The van der Waals surface area contributed by atoms with Gasteiger partial charge in [0.2, 0.25) is 0 Å². The Morgan fingerprint density at radius 3 is 2.57 bits per heavy atom. The normalized spacial score (nSPS) is 12.2. The first-order valence-corrected chi connectivity index (χ1v) is 4.77. The molecule has 2 N–H and O–H groups in total. The Kier molecular flexibility index (Phi) is 1.81. The van der Waals surface area contributed by atoms with E-state index in [4.69, 9.17) is 10.2 Å². The number of nitrogens with two attached hydrogens (primary N) is 1. The Hall–Kier alpha value is -1.44. The minimum absolute atomic E-state index is 0.121.